The Morgan fingerprint density at radius 1 is 1.11 bits per heavy atom. The van der Waals surface area contributed by atoms with Crippen molar-refractivity contribution >= 4 is 55.3 Å². The molecule has 0 radical (unpaired) electrons. The van der Waals surface area contributed by atoms with Crippen molar-refractivity contribution in [3.8, 4) is 0 Å². The van der Waals surface area contributed by atoms with Crippen molar-refractivity contribution in [1.29, 1.82) is 0 Å². The zero-order valence-corrected chi connectivity index (χ0v) is 16.1. The van der Waals surface area contributed by atoms with Crippen molar-refractivity contribution in [3.63, 3.8) is 0 Å². The van der Waals surface area contributed by atoms with Gasteiger partial charge in [0.2, 0.25) is 0 Å². The molecule has 0 saturated carbocycles. The van der Waals surface area contributed by atoms with Crippen LogP contribution in [0, 0.1) is 0 Å². The first-order chi connectivity index (χ1) is 13.1. The topological polar surface area (TPSA) is 77.5 Å². The van der Waals surface area contributed by atoms with E-state index < -0.39 is 5.63 Å². The summed E-state index contributed by atoms with van der Waals surface area (Å²) in [7, 11) is 0. The molecule has 0 N–H and O–H groups in total. The van der Waals surface area contributed by atoms with Gasteiger partial charge in [-0.2, -0.15) is 9.78 Å². The van der Waals surface area contributed by atoms with Gasteiger partial charge in [0.1, 0.15) is 5.58 Å². The van der Waals surface area contributed by atoms with Crippen LogP contribution in [0.15, 0.2) is 77.3 Å². The first kappa shape index (κ1) is 16.5. The van der Waals surface area contributed by atoms with Crippen LogP contribution in [-0.4, -0.2) is 21.1 Å². The summed E-state index contributed by atoms with van der Waals surface area (Å²) in [6, 6.07) is 14.3. The number of hydrogen-bond acceptors (Lipinski definition) is 6. The average molecular weight is 440 g/mol. The lowest BCUT2D eigenvalue weighted by Crippen LogP contribution is -2.28. The minimum atomic E-state index is -0.477. The molecule has 0 atom stereocenters. The molecule has 5 rings (SSSR count). The zero-order valence-electron chi connectivity index (χ0n) is 13.7. The Morgan fingerprint density at radius 2 is 1.96 bits per heavy atom. The van der Waals surface area contributed by atoms with Crippen LogP contribution >= 0.6 is 27.7 Å². The van der Waals surface area contributed by atoms with Crippen molar-refractivity contribution in [2.75, 3.05) is 5.75 Å². The maximum atomic E-state index is 12.8. The van der Waals surface area contributed by atoms with Crippen molar-refractivity contribution in [1.82, 2.24) is 9.66 Å². The molecule has 6 nitrogen and oxygen atoms in total. The molecule has 3 heterocycles. The second-order valence-corrected chi connectivity index (χ2v) is 7.85. The van der Waals surface area contributed by atoms with Crippen LogP contribution in [0.5, 0.6) is 0 Å². The lowest BCUT2D eigenvalue weighted by molar-refractivity contribution is 0.559. The number of thioether (sulfide) groups is 1. The molecule has 0 bridgehead atoms. The number of benzene rings is 2. The molecular formula is C19H10BrN3O3S. The molecular weight excluding hydrogens is 430 g/mol. The molecule has 27 heavy (non-hydrogen) atoms. The number of rotatable bonds is 1. The molecule has 0 fully saturated rings. The summed E-state index contributed by atoms with van der Waals surface area (Å²) in [5.41, 5.74) is 1.24. The fourth-order valence-electron chi connectivity index (χ4n) is 2.99. The van der Waals surface area contributed by atoms with Crippen molar-refractivity contribution in [2.45, 2.75) is 5.16 Å². The quantitative estimate of drug-likeness (QED) is 0.334. The summed E-state index contributed by atoms with van der Waals surface area (Å²) in [6.45, 7) is 0. The van der Waals surface area contributed by atoms with Crippen molar-refractivity contribution in [2.24, 2.45) is 5.10 Å². The van der Waals surface area contributed by atoms with Gasteiger partial charge >= 0.3 is 5.63 Å². The third-order valence-corrected chi connectivity index (χ3v) is 5.72. The highest BCUT2D eigenvalue weighted by molar-refractivity contribution is 9.10. The van der Waals surface area contributed by atoms with E-state index in [4.69, 9.17) is 4.42 Å². The number of nitrogens with zero attached hydrogens (tertiary/aromatic N) is 3. The minimum absolute atomic E-state index is 0.256. The molecule has 0 unspecified atom stereocenters. The summed E-state index contributed by atoms with van der Waals surface area (Å²) in [5, 5.41) is 6.20. The second kappa shape index (κ2) is 6.17. The number of hydrogen-bond donors (Lipinski definition) is 0. The van der Waals surface area contributed by atoms with Crippen LogP contribution in [-0.2, 0) is 0 Å². The van der Waals surface area contributed by atoms with Crippen molar-refractivity contribution < 1.29 is 4.42 Å². The average Bonchev–Trinajstić information content (AvgIpc) is 2.68. The van der Waals surface area contributed by atoms with E-state index in [1.54, 1.807) is 30.3 Å². The van der Waals surface area contributed by atoms with E-state index in [1.807, 2.05) is 18.2 Å². The van der Waals surface area contributed by atoms with Gasteiger partial charge in [0.25, 0.3) is 5.56 Å². The Hall–Kier alpha value is -2.71. The van der Waals surface area contributed by atoms with Crippen LogP contribution in [0.4, 0.5) is 0 Å². The molecule has 8 heteroatoms. The maximum absolute atomic E-state index is 12.8. The smallest absolute Gasteiger partial charge is 0.345 e. The van der Waals surface area contributed by atoms with Crippen LogP contribution in [0.2, 0.25) is 0 Å². The van der Waals surface area contributed by atoms with Crippen LogP contribution in [0.25, 0.3) is 21.9 Å². The molecule has 0 amide bonds. The Kier molecular flexibility index (Phi) is 3.76. The van der Waals surface area contributed by atoms with E-state index in [2.05, 4.69) is 26.0 Å². The van der Waals surface area contributed by atoms with Crippen LogP contribution < -0.4 is 11.2 Å². The van der Waals surface area contributed by atoms with E-state index in [0.717, 1.165) is 9.86 Å². The summed E-state index contributed by atoms with van der Waals surface area (Å²) in [4.78, 5) is 29.7. The molecule has 1 aliphatic heterocycles. The molecule has 0 saturated heterocycles. The summed E-state index contributed by atoms with van der Waals surface area (Å²) in [5.74, 6) is 0.426. The molecule has 0 aliphatic carbocycles. The molecule has 1 aliphatic rings. The molecule has 132 valence electrons. The zero-order chi connectivity index (χ0) is 18.5. The Bertz CT molecular complexity index is 1390. The predicted molar refractivity (Wildman–Crippen MR) is 109 cm³/mol. The number of para-hydroxylation sites is 1. The summed E-state index contributed by atoms with van der Waals surface area (Å²) >= 11 is 4.79. The fraction of sp³-hybridized carbons (Fsp3) is 0.0526. The van der Waals surface area contributed by atoms with Gasteiger partial charge < -0.3 is 4.42 Å². The van der Waals surface area contributed by atoms with E-state index >= 15 is 0 Å². The van der Waals surface area contributed by atoms with Crippen LogP contribution in [0.1, 0.15) is 5.56 Å². The number of fused-ring (bicyclic) bond motifs is 3. The van der Waals surface area contributed by atoms with Gasteiger partial charge in [-0.15, -0.1) is 0 Å². The summed E-state index contributed by atoms with van der Waals surface area (Å²) < 4.78 is 7.56. The normalized spacial score (nSPS) is 13.6. The second-order valence-electron chi connectivity index (χ2n) is 5.99. The Balaban J connectivity index is 1.73. The van der Waals surface area contributed by atoms with Gasteiger partial charge in [0, 0.05) is 15.6 Å². The molecule has 2 aromatic heterocycles. The highest BCUT2D eigenvalue weighted by Gasteiger charge is 2.21. The highest BCUT2D eigenvalue weighted by atomic mass is 79.9. The van der Waals surface area contributed by atoms with E-state index in [-0.39, 0.29) is 5.56 Å². The van der Waals surface area contributed by atoms with E-state index in [0.29, 0.717) is 38.7 Å². The standard InChI is InChI=1S/C19H10BrN3O3S/c20-11-5-6-16-10(7-11)8-13(18(25)26-16)15-9-27-19-21-14-4-2-1-3-12(14)17(24)23(19)22-15/h1-8H,9H2. The molecule has 2 aromatic carbocycles. The monoisotopic (exact) mass is 439 g/mol. The van der Waals surface area contributed by atoms with Gasteiger partial charge in [-0.05, 0) is 36.4 Å². The third kappa shape index (κ3) is 2.72. The van der Waals surface area contributed by atoms with Gasteiger partial charge in [0.05, 0.1) is 22.2 Å². The highest BCUT2D eigenvalue weighted by Crippen LogP contribution is 2.24. The largest absolute Gasteiger partial charge is 0.422 e. The molecule has 4 aromatic rings. The van der Waals surface area contributed by atoms with Gasteiger partial charge in [0.15, 0.2) is 5.16 Å². The van der Waals surface area contributed by atoms with Crippen LogP contribution in [0.3, 0.4) is 0 Å². The third-order valence-electron chi connectivity index (χ3n) is 4.29. The van der Waals surface area contributed by atoms with Gasteiger partial charge in [-0.1, -0.05) is 39.8 Å². The first-order valence-corrected chi connectivity index (χ1v) is 9.84. The van der Waals surface area contributed by atoms with E-state index in [9.17, 15) is 9.59 Å². The number of halogens is 1. The lowest BCUT2D eigenvalue weighted by Gasteiger charge is -2.15. The summed E-state index contributed by atoms with van der Waals surface area (Å²) in [6.07, 6.45) is 0. The van der Waals surface area contributed by atoms with Crippen molar-refractivity contribution in [3.05, 3.63) is 79.3 Å². The number of aromatic nitrogens is 2. The SMILES string of the molecule is O=c1oc2ccc(Br)cc2cc1C1=Nn2c(nc3ccccc3c2=O)SC1. The Labute approximate surface area is 164 Å². The Morgan fingerprint density at radius 3 is 2.85 bits per heavy atom. The first-order valence-electron chi connectivity index (χ1n) is 8.06. The lowest BCUT2D eigenvalue weighted by atomic mass is 10.1. The van der Waals surface area contributed by atoms with E-state index in [1.165, 1.54) is 16.4 Å². The molecule has 0 spiro atoms. The van der Waals surface area contributed by atoms with Gasteiger partial charge in [-0.25, -0.2) is 9.78 Å². The maximum Gasteiger partial charge on any atom is 0.345 e. The van der Waals surface area contributed by atoms with Gasteiger partial charge in [-0.3, -0.25) is 4.79 Å². The fourth-order valence-corrected chi connectivity index (χ4v) is 4.26. The predicted octanol–water partition coefficient (Wildman–Crippen LogP) is 3.62. The minimum Gasteiger partial charge on any atom is -0.422 e.